The highest BCUT2D eigenvalue weighted by Gasteiger charge is 2.31. The maximum Gasteiger partial charge on any atom is 0.240 e. The summed E-state index contributed by atoms with van der Waals surface area (Å²) < 4.78 is 0. The molecule has 1 atom stereocenters. The van der Waals surface area contributed by atoms with Crippen LogP contribution in [0.2, 0.25) is 0 Å². The SMILES string of the molecule is CC(=O)N1N=C(c2ccc(C)cc2)C[C@H]1c1ccc(C)cc1. The van der Waals surface area contributed by atoms with E-state index in [9.17, 15) is 4.79 Å². The Morgan fingerprint density at radius 2 is 1.55 bits per heavy atom. The third kappa shape index (κ3) is 2.80. The zero-order chi connectivity index (χ0) is 15.7. The van der Waals surface area contributed by atoms with Crippen molar-refractivity contribution >= 4 is 11.6 Å². The van der Waals surface area contributed by atoms with E-state index in [1.54, 1.807) is 11.9 Å². The molecule has 0 spiro atoms. The van der Waals surface area contributed by atoms with Crippen LogP contribution in [0.25, 0.3) is 0 Å². The summed E-state index contributed by atoms with van der Waals surface area (Å²) in [4.78, 5) is 11.9. The van der Waals surface area contributed by atoms with Crippen LogP contribution in [0.15, 0.2) is 53.6 Å². The maximum absolute atomic E-state index is 11.9. The first-order valence-corrected chi connectivity index (χ1v) is 7.55. The van der Waals surface area contributed by atoms with Crippen molar-refractivity contribution in [2.24, 2.45) is 5.10 Å². The molecule has 3 heteroatoms. The van der Waals surface area contributed by atoms with Gasteiger partial charge in [0.2, 0.25) is 5.91 Å². The average Bonchev–Trinajstić information content (AvgIpc) is 2.94. The van der Waals surface area contributed by atoms with Crippen molar-refractivity contribution in [3.05, 3.63) is 70.8 Å². The molecule has 0 aromatic heterocycles. The molecular formula is C19H20N2O. The molecule has 3 nitrogen and oxygen atoms in total. The Balaban J connectivity index is 1.92. The average molecular weight is 292 g/mol. The van der Waals surface area contributed by atoms with Gasteiger partial charge in [-0.25, -0.2) is 5.01 Å². The van der Waals surface area contributed by atoms with Crippen molar-refractivity contribution in [2.45, 2.75) is 33.2 Å². The number of rotatable bonds is 2. The zero-order valence-corrected chi connectivity index (χ0v) is 13.2. The van der Waals surface area contributed by atoms with Gasteiger partial charge in [0.15, 0.2) is 0 Å². The number of aryl methyl sites for hydroxylation is 2. The summed E-state index contributed by atoms with van der Waals surface area (Å²) in [6, 6.07) is 16.6. The van der Waals surface area contributed by atoms with Crippen LogP contribution in [0.4, 0.5) is 0 Å². The fraction of sp³-hybridized carbons (Fsp3) is 0.263. The van der Waals surface area contributed by atoms with Crippen LogP contribution < -0.4 is 0 Å². The molecule has 0 saturated heterocycles. The van der Waals surface area contributed by atoms with Gasteiger partial charge in [0.05, 0.1) is 11.8 Å². The van der Waals surface area contributed by atoms with Crippen LogP contribution in [0.5, 0.6) is 0 Å². The summed E-state index contributed by atoms with van der Waals surface area (Å²) in [7, 11) is 0. The lowest BCUT2D eigenvalue weighted by Gasteiger charge is -2.20. The van der Waals surface area contributed by atoms with Gasteiger partial charge in [-0.2, -0.15) is 5.10 Å². The Labute approximate surface area is 131 Å². The second kappa shape index (κ2) is 5.76. The van der Waals surface area contributed by atoms with Gasteiger partial charge in [0, 0.05) is 13.3 Å². The van der Waals surface area contributed by atoms with Crippen molar-refractivity contribution in [3.8, 4) is 0 Å². The molecule has 1 aliphatic rings. The lowest BCUT2D eigenvalue weighted by atomic mass is 9.97. The van der Waals surface area contributed by atoms with Crippen LogP contribution in [0.3, 0.4) is 0 Å². The molecule has 0 fully saturated rings. The maximum atomic E-state index is 11.9. The number of nitrogens with zero attached hydrogens (tertiary/aromatic N) is 2. The molecule has 112 valence electrons. The van der Waals surface area contributed by atoms with Crippen molar-refractivity contribution < 1.29 is 4.79 Å². The second-order valence-electron chi connectivity index (χ2n) is 5.91. The van der Waals surface area contributed by atoms with E-state index < -0.39 is 0 Å². The van der Waals surface area contributed by atoms with E-state index in [1.165, 1.54) is 11.1 Å². The monoisotopic (exact) mass is 292 g/mol. The summed E-state index contributed by atoms with van der Waals surface area (Å²) in [5.74, 6) is -0.0207. The molecule has 2 aromatic carbocycles. The zero-order valence-electron chi connectivity index (χ0n) is 13.2. The van der Waals surface area contributed by atoms with Gasteiger partial charge in [0.25, 0.3) is 0 Å². The molecule has 22 heavy (non-hydrogen) atoms. The highest BCUT2D eigenvalue weighted by atomic mass is 16.2. The molecule has 1 aliphatic heterocycles. The first kappa shape index (κ1) is 14.5. The van der Waals surface area contributed by atoms with Gasteiger partial charge in [-0.3, -0.25) is 4.79 Å². The van der Waals surface area contributed by atoms with Gasteiger partial charge in [-0.1, -0.05) is 59.7 Å². The lowest BCUT2D eigenvalue weighted by Crippen LogP contribution is -2.24. The molecule has 1 amide bonds. The van der Waals surface area contributed by atoms with E-state index >= 15 is 0 Å². The first-order valence-electron chi connectivity index (χ1n) is 7.55. The van der Waals surface area contributed by atoms with E-state index in [-0.39, 0.29) is 11.9 Å². The quantitative estimate of drug-likeness (QED) is 0.823. The van der Waals surface area contributed by atoms with Crippen LogP contribution in [0, 0.1) is 13.8 Å². The minimum absolute atomic E-state index is 0.00518. The topological polar surface area (TPSA) is 32.7 Å². The van der Waals surface area contributed by atoms with E-state index in [4.69, 9.17) is 0 Å². The number of hydrogen-bond donors (Lipinski definition) is 0. The molecule has 3 rings (SSSR count). The number of hydrogen-bond acceptors (Lipinski definition) is 2. The van der Waals surface area contributed by atoms with Crippen molar-refractivity contribution in [1.29, 1.82) is 0 Å². The largest absolute Gasteiger partial charge is 0.273 e. The fourth-order valence-electron chi connectivity index (χ4n) is 2.77. The third-order valence-electron chi connectivity index (χ3n) is 4.08. The van der Waals surface area contributed by atoms with Crippen molar-refractivity contribution in [2.75, 3.05) is 0 Å². The Bertz CT molecular complexity index is 714. The van der Waals surface area contributed by atoms with Gasteiger partial charge >= 0.3 is 0 Å². The third-order valence-corrected chi connectivity index (χ3v) is 4.08. The number of carbonyl (C=O) groups is 1. The number of hydrazone groups is 1. The molecule has 0 N–H and O–H groups in total. The molecule has 0 aliphatic carbocycles. The molecular weight excluding hydrogens is 272 g/mol. The number of amides is 1. The Kier molecular flexibility index (Phi) is 3.80. The predicted molar refractivity (Wildman–Crippen MR) is 88.8 cm³/mol. The number of benzene rings is 2. The van der Waals surface area contributed by atoms with Gasteiger partial charge in [-0.15, -0.1) is 0 Å². The van der Waals surface area contributed by atoms with E-state index in [2.05, 4.69) is 67.5 Å². The summed E-state index contributed by atoms with van der Waals surface area (Å²) in [5.41, 5.74) is 5.63. The van der Waals surface area contributed by atoms with Crippen LogP contribution in [0.1, 0.15) is 41.6 Å². The highest BCUT2D eigenvalue weighted by molar-refractivity contribution is 6.03. The smallest absolute Gasteiger partial charge is 0.240 e. The lowest BCUT2D eigenvalue weighted by molar-refractivity contribution is -0.130. The summed E-state index contributed by atoms with van der Waals surface area (Å²) in [5, 5.41) is 6.18. The summed E-state index contributed by atoms with van der Waals surface area (Å²) in [6.45, 7) is 5.70. The van der Waals surface area contributed by atoms with Crippen LogP contribution >= 0.6 is 0 Å². The highest BCUT2D eigenvalue weighted by Crippen LogP contribution is 2.32. The summed E-state index contributed by atoms with van der Waals surface area (Å²) >= 11 is 0. The Morgan fingerprint density at radius 3 is 2.09 bits per heavy atom. The van der Waals surface area contributed by atoms with Gasteiger partial charge < -0.3 is 0 Å². The molecule has 0 bridgehead atoms. The normalized spacial score (nSPS) is 17.5. The minimum atomic E-state index is -0.0207. The molecule has 2 aromatic rings. The van der Waals surface area contributed by atoms with Crippen molar-refractivity contribution in [3.63, 3.8) is 0 Å². The molecule has 1 heterocycles. The molecule has 0 saturated carbocycles. The standard InChI is InChI=1S/C19H20N2O/c1-13-4-8-16(9-5-13)18-12-19(21(20-18)15(3)22)17-10-6-14(2)7-11-17/h4-11,19H,12H2,1-3H3/t19-/m0/s1. The molecule has 0 unspecified atom stereocenters. The number of carbonyl (C=O) groups excluding carboxylic acids is 1. The van der Waals surface area contributed by atoms with E-state index in [0.29, 0.717) is 0 Å². The Morgan fingerprint density at radius 1 is 1.00 bits per heavy atom. The predicted octanol–water partition coefficient (Wildman–Crippen LogP) is 4.00. The van der Waals surface area contributed by atoms with Gasteiger partial charge in [0.1, 0.15) is 0 Å². The second-order valence-corrected chi connectivity index (χ2v) is 5.91. The minimum Gasteiger partial charge on any atom is -0.273 e. The van der Waals surface area contributed by atoms with Crippen molar-refractivity contribution in [1.82, 2.24) is 5.01 Å². The van der Waals surface area contributed by atoms with E-state index in [0.717, 1.165) is 23.3 Å². The van der Waals surface area contributed by atoms with Crippen LogP contribution in [-0.4, -0.2) is 16.6 Å². The molecule has 0 radical (unpaired) electrons. The Hall–Kier alpha value is -2.42. The van der Waals surface area contributed by atoms with E-state index in [1.807, 2.05) is 0 Å². The fourth-order valence-corrected chi connectivity index (χ4v) is 2.77. The summed E-state index contributed by atoms with van der Waals surface area (Å²) in [6.07, 6.45) is 0.756. The first-order chi connectivity index (χ1) is 10.5. The van der Waals surface area contributed by atoms with Gasteiger partial charge in [-0.05, 0) is 25.0 Å². The van der Waals surface area contributed by atoms with Crippen LogP contribution in [-0.2, 0) is 4.79 Å².